The van der Waals surface area contributed by atoms with Crippen LogP contribution in [0.4, 0.5) is 18.0 Å². The minimum Gasteiger partial charge on any atom is -0.448 e. The summed E-state index contributed by atoms with van der Waals surface area (Å²) in [6.07, 6.45) is -5.52. The minimum absolute atomic E-state index is 0.0152. The Morgan fingerprint density at radius 2 is 1.86 bits per heavy atom. The quantitative estimate of drug-likeness (QED) is 0.622. The highest BCUT2D eigenvalue weighted by Gasteiger charge is 2.28. The van der Waals surface area contributed by atoms with E-state index in [1.165, 1.54) is 0 Å². The third kappa shape index (κ3) is 11.0. The summed E-state index contributed by atoms with van der Waals surface area (Å²) in [6.45, 7) is -0.229. The van der Waals surface area contributed by atoms with Crippen LogP contribution in [-0.2, 0) is 9.47 Å². The van der Waals surface area contributed by atoms with Crippen molar-refractivity contribution in [3.8, 4) is 0 Å². The van der Waals surface area contributed by atoms with Crippen LogP contribution in [0.25, 0.3) is 0 Å². The van der Waals surface area contributed by atoms with Gasteiger partial charge in [0.1, 0.15) is 6.61 Å². The van der Waals surface area contributed by atoms with Crippen molar-refractivity contribution < 1.29 is 27.4 Å². The van der Waals surface area contributed by atoms with E-state index in [1.54, 1.807) is 0 Å². The van der Waals surface area contributed by atoms with Gasteiger partial charge in [0.15, 0.2) is 0 Å². The zero-order chi connectivity index (χ0) is 11.0. The number of hydrogen-bond acceptors (Lipinski definition) is 4. The van der Waals surface area contributed by atoms with E-state index in [4.69, 9.17) is 0 Å². The van der Waals surface area contributed by atoms with Crippen molar-refractivity contribution in [1.29, 1.82) is 0 Å². The van der Waals surface area contributed by atoms with Crippen LogP contribution in [0.3, 0.4) is 0 Å². The second-order valence-corrected chi connectivity index (χ2v) is 2.21. The first-order chi connectivity index (χ1) is 6.42. The summed E-state index contributed by atoms with van der Waals surface area (Å²) >= 11 is 0. The number of halogens is 3. The van der Waals surface area contributed by atoms with Crippen LogP contribution in [0.5, 0.6) is 0 Å². The van der Waals surface area contributed by atoms with Gasteiger partial charge in [-0.2, -0.15) is 0 Å². The molecular formula is C6H11F3N2O3. The van der Waals surface area contributed by atoms with Crippen LogP contribution in [0.2, 0.25) is 0 Å². The summed E-state index contributed by atoms with van der Waals surface area (Å²) < 4.78 is 42.0. The molecule has 0 fully saturated rings. The molecule has 0 heterocycles. The first-order valence-corrected chi connectivity index (χ1v) is 3.75. The highest BCUT2D eigenvalue weighted by molar-refractivity contribution is 5.64. The van der Waals surface area contributed by atoms with Crippen LogP contribution < -0.4 is 11.1 Å². The molecule has 1 amide bonds. The molecule has 0 aliphatic heterocycles. The maximum absolute atomic E-state index is 11.4. The Morgan fingerprint density at radius 1 is 1.29 bits per heavy atom. The van der Waals surface area contributed by atoms with Crippen molar-refractivity contribution in [2.24, 2.45) is 5.73 Å². The fourth-order valence-electron chi connectivity index (χ4n) is 0.588. The second-order valence-electron chi connectivity index (χ2n) is 2.21. The minimum atomic E-state index is -4.61. The van der Waals surface area contributed by atoms with Gasteiger partial charge in [0, 0.05) is 13.1 Å². The van der Waals surface area contributed by atoms with Gasteiger partial charge in [-0.3, -0.25) is 4.74 Å². The third-order valence-corrected chi connectivity index (χ3v) is 1.07. The number of rotatable bonds is 6. The molecule has 0 saturated carbocycles. The number of hydrogen-bond donors (Lipinski definition) is 2. The molecule has 0 aliphatic carbocycles. The van der Waals surface area contributed by atoms with Crippen molar-refractivity contribution in [1.82, 2.24) is 5.32 Å². The normalized spacial score (nSPS) is 11.4. The van der Waals surface area contributed by atoms with Gasteiger partial charge < -0.3 is 15.8 Å². The molecule has 14 heavy (non-hydrogen) atoms. The number of alkyl halides is 3. The van der Waals surface area contributed by atoms with E-state index in [-0.39, 0.29) is 19.7 Å². The molecule has 0 aliphatic rings. The molecule has 0 rings (SSSR count). The maximum Gasteiger partial charge on any atom is 0.522 e. The molecule has 0 spiro atoms. The molecule has 0 bridgehead atoms. The van der Waals surface area contributed by atoms with Crippen molar-refractivity contribution in [3.63, 3.8) is 0 Å². The van der Waals surface area contributed by atoms with E-state index < -0.39 is 19.1 Å². The molecule has 8 heteroatoms. The highest BCUT2D eigenvalue weighted by Crippen LogP contribution is 2.14. The zero-order valence-electron chi connectivity index (χ0n) is 7.26. The topological polar surface area (TPSA) is 73.6 Å². The molecule has 0 unspecified atom stereocenters. The largest absolute Gasteiger partial charge is 0.522 e. The van der Waals surface area contributed by atoms with Gasteiger partial charge in [-0.25, -0.2) is 4.79 Å². The van der Waals surface area contributed by atoms with Gasteiger partial charge in [0.05, 0.1) is 6.61 Å². The molecule has 0 aromatic heterocycles. The van der Waals surface area contributed by atoms with Gasteiger partial charge in [-0.1, -0.05) is 0 Å². The number of primary amides is 1. The van der Waals surface area contributed by atoms with E-state index in [9.17, 15) is 18.0 Å². The van der Waals surface area contributed by atoms with E-state index in [0.29, 0.717) is 0 Å². The Balaban J connectivity index is 3.11. The van der Waals surface area contributed by atoms with Crippen molar-refractivity contribution in [2.45, 2.75) is 6.36 Å². The number of carbonyl (C=O) groups excluding carboxylic acids is 1. The lowest BCUT2D eigenvalue weighted by Gasteiger charge is -2.07. The van der Waals surface area contributed by atoms with Crippen LogP contribution in [0.15, 0.2) is 0 Å². The molecule has 3 N–H and O–H groups in total. The first kappa shape index (κ1) is 13.0. The summed E-state index contributed by atoms with van der Waals surface area (Å²) in [4.78, 5) is 10.0. The average Bonchev–Trinajstić information content (AvgIpc) is 2.00. The van der Waals surface area contributed by atoms with Gasteiger partial charge >= 0.3 is 12.5 Å². The van der Waals surface area contributed by atoms with Gasteiger partial charge in [-0.15, -0.1) is 13.2 Å². The smallest absolute Gasteiger partial charge is 0.448 e. The summed E-state index contributed by atoms with van der Waals surface area (Å²) in [6, 6.07) is 0. The standard InChI is InChI=1S/C6H11F3N2O3/c7-6(8,9)14-4-2-11-1-3-13-5(10)12/h11H,1-4H2,(H2,10,12). The van der Waals surface area contributed by atoms with Crippen molar-refractivity contribution >= 4 is 6.09 Å². The van der Waals surface area contributed by atoms with E-state index in [1.807, 2.05) is 0 Å². The summed E-state index contributed by atoms with van der Waals surface area (Å²) in [5, 5.41) is 2.56. The lowest BCUT2D eigenvalue weighted by Crippen LogP contribution is -2.28. The number of carbonyl (C=O) groups is 1. The van der Waals surface area contributed by atoms with Gasteiger partial charge in [-0.05, 0) is 0 Å². The molecular weight excluding hydrogens is 205 g/mol. The molecule has 0 radical (unpaired) electrons. The Kier molecular flexibility index (Phi) is 5.97. The van der Waals surface area contributed by atoms with Crippen LogP contribution >= 0.6 is 0 Å². The summed E-state index contributed by atoms with van der Waals surface area (Å²) in [5.41, 5.74) is 4.63. The Bertz CT molecular complexity index is 174. The summed E-state index contributed by atoms with van der Waals surface area (Å²) in [7, 11) is 0. The summed E-state index contributed by atoms with van der Waals surface area (Å²) in [5.74, 6) is 0. The number of nitrogens with one attached hydrogen (secondary N) is 1. The second kappa shape index (κ2) is 6.44. The maximum atomic E-state index is 11.4. The molecule has 84 valence electrons. The SMILES string of the molecule is NC(=O)OCCNCCOC(F)(F)F. The van der Waals surface area contributed by atoms with E-state index in [2.05, 4.69) is 20.5 Å². The van der Waals surface area contributed by atoms with E-state index >= 15 is 0 Å². The molecule has 0 atom stereocenters. The van der Waals surface area contributed by atoms with Crippen LogP contribution in [0, 0.1) is 0 Å². The van der Waals surface area contributed by atoms with Gasteiger partial charge in [0.2, 0.25) is 0 Å². The lowest BCUT2D eigenvalue weighted by atomic mass is 10.6. The average molecular weight is 216 g/mol. The Hall–Kier alpha value is -1.02. The molecule has 0 aromatic carbocycles. The van der Waals surface area contributed by atoms with Crippen molar-refractivity contribution in [3.05, 3.63) is 0 Å². The van der Waals surface area contributed by atoms with Crippen molar-refractivity contribution in [2.75, 3.05) is 26.3 Å². The highest BCUT2D eigenvalue weighted by atomic mass is 19.4. The monoisotopic (exact) mass is 216 g/mol. The first-order valence-electron chi connectivity index (χ1n) is 3.75. The predicted molar refractivity (Wildman–Crippen MR) is 40.4 cm³/mol. The Morgan fingerprint density at radius 3 is 2.36 bits per heavy atom. The lowest BCUT2D eigenvalue weighted by molar-refractivity contribution is -0.323. The number of amides is 1. The zero-order valence-corrected chi connectivity index (χ0v) is 7.26. The fourth-order valence-corrected chi connectivity index (χ4v) is 0.588. The predicted octanol–water partition coefficient (Wildman–Crippen LogP) is 0.208. The Labute approximate surface area is 78.3 Å². The number of nitrogens with two attached hydrogens (primary N) is 1. The van der Waals surface area contributed by atoms with Crippen LogP contribution in [0.1, 0.15) is 0 Å². The fraction of sp³-hybridized carbons (Fsp3) is 0.833. The van der Waals surface area contributed by atoms with Gasteiger partial charge in [0.25, 0.3) is 0 Å². The van der Waals surface area contributed by atoms with E-state index in [0.717, 1.165) is 0 Å². The van der Waals surface area contributed by atoms with Crippen LogP contribution in [-0.4, -0.2) is 38.8 Å². The number of ether oxygens (including phenoxy) is 2. The molecule has 5 nitrogen and oxygen atoms in total. The molecule has 0 saturated heterocycles. The molecule has 0 aromatic rings. The third-order valence-electron chi connectivity index (χ3n) is 1.07.